The average molecular weight is 184 g/mol. The van der Waals surface area contributed by atoms with Crippen molar-refractivity contribution in [2.45, 2.75) is 0 Å². The van der Waals surface area contributed by atoms with Crippen LogP contribution < -0.4 is 11.1 Å². The molecule has 1 rings (SSSR count). The lowest BCUT2D eigenvalue weighted by Gasteiger charge is -2.01. The summed E-state index contributed by atoms with van der Waals surface area (Å²) in [4.78, 5) is 11.3. The summed E-state index contributed by atoms with van der Waals surface area (Å²) < 4.78 is 1.39. The van der Waals surface area contributed by atoms with E-state index in [1.807, 2.05) is 0 Å². The van der Waals surface area contributed by atoms with Crippen molar-refractivity contribution in [3.05, 3.63) is 11.8 Å². The van der Waals surface area contributed by atoms with E-state index in [0.29, 0.717) is 11.5 Å². The van der Waals surface area contributed by atoms with Crippen molar-refractivity contribution in [3.63, 3.8) is 0 Å². The molecule has 0 unspecified atom stereocenters. The van der Waals surface area contributed by atoms with Crippen molar-refractivity contribution in [1.29, 1.82) is 0 Å². The summed E-state index contributed by atoms with van der Waals surface area (Å²) in [5.41, 5.74) is 5.77. The predicted molar refractivity (Wildman–Crippen MR) is 47.0 cm³/mol. The fourth-order valence-corrected chi connectivity index (χ4v) is 0.962. The van der Waals surface area contributed by atoms with Gasteiger partial charge in [0.2, 0.25) is 0 Å². The first-order chi connectivity index (χ1) is 6.15. The van der Waals surface area contributed by atoms with Crippen LogP contribution >= 0.6 is 0 Å². The number of aromatic nitrogens is 2. The summed E-state index contributed by atoms with van der Waals surface area (Å²) >= 11 is 0. The van der Waals surface area contributed by atoms with Crippen molar-refractivity contribution >= 4 is 11.7 Å². The van der Waals surface area contributed by atoms with Crippen LogP contribution in [0.15, 0.2) is 6.07 Å². The molecule has 72 valence electrons. The Balaban J connectivity index is 2.70. The number of anilines is 1. The summed E-state index contributed by atoms with van der Waals surface area (Å²) in [6.45, 7) is 0.142. The van der Waals surface area contributed by atoms with E-state index in [9.17, 15) is 4.79 Å². The van der Waals surface area contributed by atoms with Crippen LogP contribution in [-0.2, 0) is 7.05 Å². The van der Waals surface area contributed by atoms with Gasteiger partial charge >= 0.3 is 0 Å². The van der Waals surface area contributed by atoms with Gasteiger partial charge in [-0.2, -0.15) is 5.10 Å². The highest BCUT2D eigenvalue weighted by atomic mass is 16.3. The maximum Gasteiger partial charge on any atom is 0.269 e. The lowest BCUT2D eigenvalue weighted by atomic mass is 10.4. The minimum atomic E-state index is -0.291. The number of nitrogens with two attached hydrogens (primary N) is 1. The Labute approximate surface area is 75.3 Å². The fraction of sp³-hybridized carbons (Fsp3) is 0.429. The van der Waals surface area contributed by atoms with Gasteiger partial charge in [0.05, 0.1) is 6.61 Å². The van der Waals surface area contributed by atoms with Gasteiger partial charge in [-0.15, -0.1) is 0 Å². The molecule has 0 aliphatic carbocycles. The van der Waals surface area contributed by atoms with Crippen LogP contribution in [0.2, 0.25) is 0 Å². The minimum Gasteiger partial charge on any atom is -0.395 e. The van der Waals surface area contributed by atoms with Crippen molar-refractivity contribution in [3.8, 4) is 0 Å². The van der Waals surface area contributed by atoms with Crippen LogP contribution in [0.4, 0.5) is 5.82 Å². The SMILES string of the molecule is Cn1nc(N)cc1C(=O)NCCO. The highest BCUT2D eigenvalue weighted by Crippen LogP contribution is 2.03. The molecule has 6 nitrogen and oxygen atoms in total. The lowest BCUT2D eigenvalue weighted by Crippen LogP contribution is -2.28. The molecule has 13 heavy (non-hydrogen) atoms. The second-order valence-corrected chi connectivity index (χ2v) is 2.56. The molecule has 1 aromatic rings. The number of hydrogen-bond donors (Lipinski definition) is 3. The molecule has 1 heterocycles. The molecule has 0 aromatic carbocycles. The Hall–Kier alpha value is -1.56. The van der Waals surface area contributed by atoms with E-state index in [2.05, 4.69) is 10.4 Å². The van der Waals surface area contributed by atoms with Gasteiger partial charge in [0.25, 0.3) is 5.91 Å². The molecule has 0 bridgehead atoms. The van der Waals surface area contributed by atoms with Gasteiger partial charge in [-0.3, -0.25) is 9.48 Å². The topological polar surface area (TPSA) is 93.2 Å². The first kappa shape index (κ1) is 9.53. The van der Waals surface area contributed by atoms with Crippen LogP contribution in [0.3, 0.4) is 0 Å². The summed E-state index contributed by atoms with van der Waals surface area (Å²) in [5, 5.41) is 14.8. The van der Waals surface area contributed by atoms with Gasteiger partial charge in [0.1, 0.15) is 11.5 Å². The molecule has 0 fully saturated rings. The Morgan fingerprint density at radius 3 is 3.00 bits per heavy atom. The summed E-state index contributed by atoms with van der Waals surface area (Å²) in [7, 11) is 1.63. The van der Waals surface area contributed by atoms with Gasteiger partial charge in [-0.25, -0.2) is 0 Å². The average Bonchev–Trinajstić information content (AvgIpc) is 2.41. The molecule has 0 spiro atoms. The molecule has 1 amide bonds. The number of carbonyl (C=O) groups is 1. The summed E-state index contributed by atoms with van der Waals surface area (Å²) in [6.07, 6.45) is 0. The van der Waals surface area contributed by atoms with E-state index in [-0.39, 0.29) is 19.1 Å². The quantitative estimate of drug-likeness (QED) is 0.545. The zero-order valence-electron chi connectivity index (χ0n) is 7.32. The smallest absolute Gasteiger partial charge is 0.269 e. The number of carbonyl (C=O) groups excluding carboxylic acids is 1. The molecule has 0 radical (unpaired) electrons. The molecule has 0 atom stereocenters. The number of rotatable bonds is 3. The molecule has 6 heteroatoms. The molecule has 4 N–H and O–H groups in total. The number of aryl methyl sites for hydroxylation is 1. The highest BCUT2D eigenvalue weighted by Gasteiger charge is 2.10. The number of nitrogen functional groups attached to an aromatic ring is 1. The fourth-order valence-electron chi connectivity index (χ4n) is 0.962. The maximum atomic E-state index is 11.3. The Morgan fingerprint density at radius 1 is 1.85 bits per heavy atom. The van der Waals surface area contributed by atoms with E-state index in [4.69, 9.17) is 10.8 Å². The lowest BCUT2D eigenvalue weighted by molar-refractivity contribution is 0.0935. The van der Waals surface area contributed by atoms with Crippen molar-refractivity contribution < 1.29 is 9.90 Å². The maximum absolute atomic E-state index is 11.3. The summed E-state index contributed by atoms with van der Waals surface area (Å²) in [5.74, 6) is 0.0115. The van der Waals surface area contributed by atoms with E-state index in [1.165, 1.54) is 10.7 Å². The first-order valence-electron chi connectivity index (χ1n) is 3.83. The molecular weight excluding hydrogens is 172 g/mol. The third kappa shape index (κ3) is 2.19. The van der Waals surface area contributed by atoms with E-state index < -0.39 is 0 Å². The molecule has 0 aliphatic rings. The molecule has 0 aliphatic heterocycles. The predicted octanol–water partition coefficient (Wildman–Crippen LogP) is -1.28. The Bertz CT molecular complexity index is 307. The van der Waals surface area contributed by atoms with E-state index >= 15 is 0 Å². The number of amides is 1. The van der Waals surface area contributed by atoms with Gasteiger partial charge in [-0.1, -0.05) is 0 Å². The molecule has 0 saturated carbocycles. The van der Waals surface area contributed by atoms with Crippen molar-refractivity contribution in [2.24, 2.45) is 7.05 Å². The summed E-state index contributed by atoms with van der Waals surface area (Å²) in [6, 6.07) is 1.48. The van der Waals surface area contributed by atoms with Crippen molar-refractivity contribution in [2.75, 3.05) is 18.9 Å². The number of aliphatic hydroxyl groups is 1. The van der Waals surface area contributed by atoms with Gasteiger partial charge < -0.3 is 16.2 Å². The number of nitrogens with one attached hydrogen (secondary N) is 1. The van der Waals surface area contributed by atoms with Gasteiger partial charge in [0.15, 0.2) is 0 Å². The molecule has 1 aromatic heterocycles. The second-order valence-electron chi connectivity index (χ2n) is 2.56. The monoisotopic (exact) mass is 184 g/mol. The normalized spacial score (nSPS) is 10.0. The largest absolute Gasteiger partial charge is 0.395 e. The second kappa shape index (κ2) is 3.90. The molecular formula is C7H12N4O2. The Morgan fingerprint density at radius 2 is 2.54 bits per heavy atom. The third-order valence-electron chi connectivity index (χ3n) is 1.53. The first-order valence-corrected chi connectivity index (χ1v) is 3.83. The van der Waals surface area contributed by atoms with Gasteiger partial charge in [0, 0.05) is 19.7 Å². The number of hydrogen-bond acceptors (Lipinski definition) is 4. The Kier molecular flexibility index (Phi) is 2.86. The van der Waals surface area contributed by atoms with Crippen LogP contribution in [-0.4, -0.2) is 33.9 Å². The van der Waals surface area contributed by atoms with Crippen LogP contribution in [0, 0.1) is 0 Å². The highest BCUT2D eigenvalue weighted by molar-refractivity contribution is 5.93. The molecule has 0 saturated heterocycles. The standard InChI is InChI=1S/C7H12N4O2/c1-11-5(4-6(8)10-11)7(13)9-2-3-12/h4,12H,2-3H2,1H3,(H2,8,10)(H,9,13). The van der Waals surface area contributed by atoms with E-state index in [0.717, 1.165) is 0 Å². The van der Waals surface area contributed by atoms with Crippen LogP contribution in [0.1, 0.15) is 10.5 Å². The number of nitrogens with zero attached hydrogens (tertiary/aromatic N) is 2. The van der Waals surface area contributed by atoms with Crippen molar-refractivity contribution in [1.82, 2.24) is 15.1 Å². The van der Waals surface area contributed by atoms with Crippen LogP contribution in [0.5, 0.6) is 0 Å². The zero-order chi connectivity index (χ0) is 9.84. The minimum absolute atomic E-state index is 0.0843. The number of aliphatic hydroxyl groups excluding tert-OH is 1. The van der Waals surface area contributed by atoms with Crippen LogP contribution in [0.25, 0.3) is 0 Å². The van der Waals surface area contributed by atoms with Gasteiger partial charge in [-0.05, 0) is 0 Å². The third-order valence-corrected chi connectivity index (χ3v) is 1.53. The van der Waals surface area contributed by atoms with E-state index in [1.54, 1.807) is 7.05 Å². The zero-order valence-corrected chi connectivity index (χ0v) is 7.32.